The third-order valence-corrected chi connectivity index (χ3v) is 1.51. The molecule has 1 aromatic carbocycles. The molecule has 0 amide bonds. The fraction of sp³-hybridized carbons (Fsp3) is 0.111. The van der Waals surface area contributed by atoms with Gasteiger partial charge in [0.2, 0.25) is 6.29 Å². The Morgan fingerprint density at radius 2 is 2.08 bits per heavy atom. The van der Waals surface area contributed by atoms with Crippen molar-refractivity contribution in [1.82, 2.24) is 0 Å². The zero-order chi connectivity index (χ0) is 8.97. The van der Waals surface area contributed by atoms with Crippen molar-refractivity contribution >= 4 is 12.3 Å². The summed E-state index contributed by atoms with van der Waals surface area (Å²) in [6, 6.07) is 6.39. The minimum Gasteiger partial charge on any atom is -0.478 e. The zero-order valence-electron chi connectivity index (χ0n) is 6.28. The number of rotatable bonds is 3. The van der Waals surface area contributed by atoms with Crippen LogP contribution < -0.4 is 0 Å². The quantitative estimate of drug-likeness (QED) is 0.724. The van der Waals surface area contributed by atoms with E-state index < -0.39 is 5.97 Å². The lowest BCUT2D eigenvalue weighted by Crippen LogP contribution is -2.02. The van der Waals surface area contributed by atoms with Gasteiger partial charge in [0.25, 0.3) is 0 Å². The van der Waals surface area contributed by atoms with Crippen molar-refractivity contribution in [2.24, 2.45) is 0 Å². The van der Waals surface area contributed by atoms with Crippen LogP contribution in [0.25, 0.3) is 0 Å². The highest BCUT2D eigenvalue weighted by Gasteiger charge is 2.07. The largest absolute Gasteiger partial charge is 0.478 e. The van der Waals surface area contributed by atoms with Crippen LogP contribution in [-0.4, -0.2) is 17.4 Å². The molecule has 0 saturated heterocycles. The van der Waals surface area contributed by atoms with Gasteiger partial charge in [-0.1, -0.05) is 18.2 Å². The Morgan fingerprint density at radius 1 is 1.42 bits per heavy atom. The molecule has 1 radical (unpaired) electrons. The van der Waals surface area contributed by atoms with Crippen LogP contribution >= 0.6 is 0 Å². The van der Waals surface area contributed by atoms with Crippen molar-refractivity contribution in [2.45, 2.75) is 6.42 Å². The van der Waals surface area contributed by atoms with Gasteiger partial charge in [0.05, 0.1) is 5.56 Å². The van der Waals surface area contributed by atoms with Crippen LogP contribution in [0.2, 0.25) is 0 Å². The molecule has 3 nitrogen and oxygen atoms in total. The van der Waals surface area contributed by atoms with Crippen molar-refractivity contribution in [3.05, 3.63) is 35.4 Å². The number of carbonyl (C=O) groups excluding carboxylic acids is 1. The number of carboxylic acids is 1. The van der Waals surface area contributed by atoms with E-state index in [0.717, 1.165) is 0 Å². The summed E-state index contributed by atoms with van der Waals surface area (Å²) in [5.41, 5.74) is 0.667. The number of aromatic carboxylic acids is 1. The van der Waals surface area contributed by atoms with Crippen molar-refractivity contribution in [1.29, 1.82) is 0 Å². The maximum Gasteiger partial charge on any atom is 0.335 e. The Labute approximate surface area is 69.6 Å². The number of hydrogen-bond acceptors (Lipinski definition) is 2. The molecule has 0 aromatic heterocycles. The lowest BCUT2D eigenvalue weighted by atomic mass is 10.1. The second kappa shape index (κ2) is 3.67. The van der Waals surface area contributed by atoms with Crippen LogP contribution in [0.15, 0.2) is 24.3 Å². The van der Waals surface area contributed by atoms with E-state index in [1.807, 2.05) is 0 Å². The molecule has 12 heavy (non-hydrogen) atoms. The van der Waals surface area contributed by atoms with Gasteiger partial charge in [0, 0.05) is 6.42 Å². The number of carbonyl (C=O) groups is 1. The lowest BCUT2D eigenvalue weighted by molar-refractivity contribution is 0.0696. The van der Waals surface area contributed by atoms with E-state index in [2.05, 4.69) is 0 Å². The van der Waals surface area contributed by atoms with Crippen LogP contribution in [0, 0.1) is 0 Å². The van der Waals surface area contributed by atoms with E-state index in [9.17, 15) is 9.59 Å². The zero-order valence-corrected chi connectivity index (χ0v) is 6.28. The summed E-state index contributed by atoms with van der Waals surface area (Å²) in [6.07, 6.45) is 1.70. The average molecular weight is 163 g/mol. The summed E-state index contributed by atoms with van der Waals surface area (Å²) in [5, 5.41) is 8.66. The minimum atomic E-state index is -1.01. The predicted octanol–water partition coefficient (Wildman–Crippen LogP) is 1.04. The molecular formula is C9H7O3. The molecule has 0 aliphatic carbocycles. The van der Waals surface area contributed by atoms with Crippen LogP contribution in [0.1, 0.15) is 15.9 Å². The maximum atomic E-state index is 10.6. The molecule has 3 heteroatoms. The summed E-state index contributed by atoms with van der Waals surface area (Å²) in [6.45, 7) is 0. The Bertz CT molecular complexity index is 304. The van der Waals surface area contributed by atoms with E-state index in [4.69, 9.17) is 5.11 Å². The maximum absolute atomic E-state index is 10.6. The van der Waals surface area contributed by atoms with Gasteiger partial charge in [-0.3, -0.25) is 4.79 Å². The average Bonchev–Trinajstić information content (AvgIpc) is 2.05. The second-order valence-corrected chi connectivity index (χ2v) is 2.28. The molecular weight excluding hydrogens is 156 g/mol. The molecule has 0 saturated carbocycles. The van der Waals surface area contributed by atoms with Gasteiger partial charge < -0.3 is 5.11 Å². The topological polar surface area (TPSA) is 54.4 Å². The van der Waals surface area contributed by atoms with Gasteiger partial charge >= 0.3 is 5.97 Å². The van der Waals surface area contributed by atoms with E-state index in [-0.39, 0.29) is 12.0 Å². The molecule has 0 aliphatic rings. The van der Waals surface area contributed by atoms with Gasteiger partial charge in [-0.25, -0.2) is 4.79 Å². The molecule has 0 heterocycles. The van der Waals surface area contributed by atoms with Gasteiger partial charge in [-0.2, -0.15) is 0 Å². The van der Waals surface area contributed by atoms with Crippen molar-refractivity contribution in [3.8, 4) is 0 Å². The van der Waals surface area contributed by atoms with Gasteiger partial charge in [0.15, 0.2) is 0 Å². The highest BCUT2D eigenvalue weighted by molar-refractivity contribution is 5.90. The Kier molecular flexibility index (Phi) is 2.58. The third-order valence-electron chi connectivity index (χ3n) is 1.51. The number of carboxylic acid groups (broad SMARTS) is 1. The minimum absolute atomic E-state index is 0.0302. The van der Waals surface area contributed by atoms with Gasteiger partial charge in [0.1, 0.15) is 0 Å². The monoisotopic (exact) mass is 163 g/mol. The van der Waals surface area contributed by atoms with Gasteiger partial charge in [-0.15, -0.1) is 0 Å². The molecule has 0 aliphatic heterocycles. The van der Waals surface area contributed by atoms with Crippen LogP contribution in [-0.2, 0) is 11.2 Å². The Morgan fingerprint density at radius 3 is 2.67 bits per heavy atom. The summed E-state index contributed by atoms with van der Waals surface area (Å²) >= 11 is 0. The first-order valence-electron chi connectivity index (χ1n) is 3.42. The molecule has 0 spiro atoms. The molecule has 0 bridgehead atoms. The molecule has 1 N–H and O–H groups in total. The normalized spacial score (nSPS) is 9.33. The van der Waals surface area contributed by atoms with Crippen LogP contribution in [0.5, 0.6) is 0 Å². The van der Waals surface area contributed by atoms with Crippen LogP contribution in [0.4, 0.5) is 0 Å². The van der Waals surface area contributed by atoms with Gasteiger partial charge in [-0.05, 0) is 11.6 Å². The van der Waals surface area contributed by atoms with E-state index in [1.54, 1.807) is 24.5 Å². The highest BCUT2D eigenvalue weighted by atomic mass is 16.4. The highest BCUT2D eigenvalue weighted by Crippen LogP contribution is 2.07. The van der Waals surface area contributed by atoms with Crippen molar-refractivity contribution in [3.63, 3.8) is 0 Å². The second-order valence-electron chi connectivity index (χ2n) is 2.28. The standard InChI is InChI=1S/C9H7O3/c10-6-5-7-3-1-2-4-8(7)9(11)12/h1-4H,5H2,(H,11,12). The van der Waals surface area contributed by atoms with E-state index in [0.29, 0.717) is 5.56 Å². The smallest absolute Gasteiger partial charge is 0.335 e. The molecule has 61 valence electrons. The molecule has 0 unspecified atom stereocenters. The van der Waals surface area contributed by atoms with E-state index >= 15 is 0 Å². The summed E-state index contributed by atoms with van der Waals surface area (Å²) in [4.78, 5) is 20.6. The van der Waals surface area contributed by atoms with Crippen LogP contribution in [0.3, 0.4) is 0 Å². The first-order chi connectivity index (χ1) is 5.75. The summed E-state index contributed by atoms with van der Waals surface area (Å²) < 4.78 is 0. The third kappa shape index (κ3) is 1.69. The number of benzene rings is 1. The Balaban J connectivity index is 3.07. The predicted molar refractivity (Wildman–Crippen MR) is 42.8 cm³/mol. The summed E-state index contributed by atoms with van der Waals surface area (Å²) in [7, 11) is 0. The fourth-order valence-electron chi connectivity index (χ4n) is 0.961. The first kappa shape index (κ1) is 8.46. The number of hydrogen-bond donors (Lipinski definition) is 1. The Hall–Kier alpha value is -1.64. The van der Waals surface area contributed by atoms with Crippen molar-refractivity contribution in [2.75, 3.05) is 0 Å². The molecule has 1 rings (SSSR count). The van der Waals surface area contributed by atoms with E-state index in [1.165, 1.54) is 6.07 Å². The lowest BCUT2D eigenvalue weighted by Gasteiger charge is -1.99. The fourth-order valence-corrected chi connectivity index (χ4v) is 0.961. The van der Waals surface area contributed by atoms with Crippen molar-refractivity contribution < 1.29 is 14.7 Å². The molecule has 1 aromatic rings. The summed E-state index contributed by atoms with van der Waals surface area (Å²) in [5.74, 6) is -1.01. The molecule has 0 atom stereocenters. The SMILES string of the molecule is O=[C]Cc1ccccc1C(=O)O. The molecule has 0 fully saturated rings. The first-order valence-corrected chi connectivity index (χ1v) is 3.42.